The maximum absolute atomic E-state index is 6.20. The summed E-state index contributed by atoms with van der Waals surface area (Å²) >= 11 is 0. The molecule has 0 fully saturated rings. The molecule has 0 N–H and O–H groups in total. The van der Waals surface area contributed by atoms with Crippen molar-refractivity contribution in [2.24, 2.45) is 4.99 Å². The van der Waals surface area contributed by atoms with E-state index in [1.165, 1.54) is 5.56 Å². The molecule has 0 radical (unpaired) electrons. The van der Waals surface area contributed by atoms with Crippen molar-refractivity contribution in [3.05, 3.63) is 89.8 Å². The Labute approximate surface area is 158 Å². The number of hydrogen-bond donors (Lipinski definition) is 0. The molecule has 134 valence electrons. The van der Waals surface area contributed by atoms with Crippen molar-refractivity contribution in [2.75, 3.05) is 7.11 Å². The fourth-order valence-electron chi connectivity index (χ4n) is 3.07. The number of aryl methyl sites for hydroxylation is 1. The summed E-state index contributed by atoms with van der Waals surface area (Å²) < 4.78 is 11.5. The number of fused-ring (bicyclic) bond motifs is 1. The van der Waals surface area contributed by atoms with Gasteiger partial charge in [0.15, 0.2) is 0 Å². The van der Waals surface area contributed by atoms with E-state index in [1.54, 1.807) is 7.11 Å². The van der Waals surface area contributed by atoms with Crippen LogP contribution in [0.3, 0.4) is 0 Å². The van der Waals surface area contributed by atoms with E-state index in [9.17, 15) is 0 Å². The Morgan fingerprint density at radius 1 is 0.889 bits per heavy atom. The Bertz CT molecular complexity index is 1130. The first-order valence-electron chi connectivity index (χ1n) is 9.08. The van der Waals surface area contributed by atoms with Crippen LogP contribution in [0.25, 0.3) is 22.3 Å². The van der Waals surface area contributed by atoms with Crippen LogP contribution in [0, 0.1) is 0 Å². The SMILES string of the molecule is CCc1ccc2oc(-c3ccc(OC)cc3)cc(=Nc3ccccc3)c2c1. The van der Waals surface area contributed by atoms with Gasteiger partial charge in [0.1, 0.15) is 17.1 Å². The van der Waals surface area contributed by atoms with Gasteiger partial charge in [-0.1, -0.05) is 31.2 Å². The molecule has 0 aliphatic rings. The largest absolute Gasteiger partial charge is 0.497 e. The minimum absolute atomic E-state index is 0.782. The number of rotatable bonds is 4. The molecule has 0 amide bonds. The Balaban J connectivity index is 1.95. The van der Waals surface area contributed by atoms with Gasteiger partial charge in [0.2, 0.25) is 0 Å². The molecule has 0 atom stereocenters. The maximum Gasteiger partial charge on any atom is 0.136 e. The minimum Gasteiger partial charge on any atom is -0.497 e. The zero-order chi connectivity index (χ0) is 18.6. The molecule has 0 saturated carbocycles. The molecule has 0 spiro atoms. The highest BCUT2D eigenvalue weighted by Gasteiger charge is 2.07. The van der Waals surface area contributed by atoms with Gasteiger partial charge in [-0.25, -0.2) is 4.99 Å². The standard InChI is InChI=1S/C24H21NO2/c1-3-17-9-14-23-21(15-17)22(25-19-7-5-4-6-8-19)16-24(27-23)18-10-12-20(26-2)13-11-18/h4-16H,3H2,1-2H3. The molecule has 0 unspecified atom stereocenters. The van der Waals surface area contributed by atoms with Crippen LogP contribution in [-0.4, -0.2) is 7.11 Å². The normalized spacial score (nSPS) is 11.7. The van der Waals surface area contributed by atoms with Crippen molar-refractivity contribution in [1.29, 1.82) is 0 Å². The predicted octanol–water partition coefficient (Wildman–Crippen LogP) is 5.90. The molecule has 3 aromatic carbocycles. The summed E-state index contributed by atoms with van der Waals surface area (Å²) in [5.74, 6) is 1.60. The average Bonchev–Trinajstić information content (AvgIpc) is 2.74. The Morgan fingerprint density at radius 2 is 1.67 bits per heavy atom. The Morgan fingerprint density at radius 3 is 2.37 bits per heavy atom. The summed E-state index contributed by atoms with van der Waals surface area (Å²) in [6, 6.07) is 26.2. The summed E-state index contributed by atoms with van der Waals surface area (Å²) in [4.78, 5) is 4.88. The molecule has 1 heterocycles. The predicted molar refractivity (Wildman–Crippen MR) is 109 cm³/mol. The first kappa shape index (κ1) is 17.1. The lowest BCUT2D eigenvalue weighted by Gasteiger charge is -2.07. The molecule has 3 heteroatoms. The zero-order valence-electron chi connectivity index (χ0n) is 15.5. The van der Waals surface area contributed by atoms with Crippen molar-refractivity contribution in [2.45, 2.75) is 13.3 Å². The molecule has 4 rings (SSSR count). The number of hydrogen-bond acceptors (Lipinski definition) is 3. The van der Waals surface area contributed by atoms with E-state index in [0.717, 1.165) is 45.5 Å². The van der Waals surface area contributed by atoms with E-state index in [0.29, 0.717) is 0 Å². The summed E-state index contributed by atoms with van der Waals surface area (Å²) in [5.41, 5.74) is 4.00. The summed E-state index contributed by atoms with van der Waals surface area (Å²) in [5, 5.41) is 1.93. The number of para-hydroxylation sites is 1. The van der Waals surface area contributed by atoms with Crippen molar-refractivity contribution < 1.29 is 9.15 Å². The number of nitrogens with zero attached hydrogens (tertiary/aromatic N) is 1. The van der Waals surface area contributed by atoms with E-state index in [4.69, 9.17) is 14.1 Å². The van der Waals surface area contributed by atoms with Crippen LogP contribution in [0.4, 0.5) is 5.69 Å². The van der Waals surface area contributed by atoms with Crippen LogP contribution < -0.4 is 10.1 Å². The molecule has 0 saturated heterocycles. The lowest BCUT2D eigenvalue weighted by Crippen LogP contribution is -2.04. The number of ether oxygens (including phenoxy) is 1. The maximum atomic E-state index is 6.20. The highest BCUT2D eigenvalue weighted by Crippen LogP contribution is 2.25. The van der Waals surface area contributed by atoms with Crippen LogP contribution in [0.1, 0.15) is 12.5 Å². The van der Waals surface area contributed by atoms with E-state index < -0.39 is 0 Å². The first-order chi connectivity index (χ1) is 13.3. The Kier molecular flexibility index (Phi) is 4.75. The third kappa shape index (κ3) is 3.63. The molecule has 0 aliphatic heterocycles. The molecule has 0 bridgehead atoms. The summed E-state index contributed by atoms with van der Waals surface area (Å²) in [6.45, 7) is 2.15. The van der Waals surface area contributed by atoms with Gasteiger partial charge < -0.3 is 9.15 Å². The van der Waals surface area contributed by atoms with Gasteiger partial charge in [-0.2, -0.15) is 0 Å². The fraction of sp³-hybridized carbons (Fsp3) is 0.125. The van der Waals surface area contributed by atoms with Gasteiger partial charge in [-0.3, -0.25) is 0 Å². The number of benzene rings is 3. The van der Waals surface area contributed by atoms with Gasteiger partial charge in [-0.15, -0.1) is 0 Å². The third-order valence-corrected chi connectivity index (χ3v) is 4.60. The van der Waals surface area contributed by atoms with Gasteiger partial charge in [0.25, 0.3) is 0 Å². The zero-order valence-corrected chi connectivity index (χ0v) is 15.5. The van der Waals surface area contributed by atoms with E-state index in [1.807, 2.05) is 66.7 Å². The minimum atomic E-state index is 0.782. The van der Waals surface area contributed by atoms with Gasteiger partial charge in [-0.05, 0) is 60.5 Å². The van der Waals surface area contributed by atoms with Crippen LogP contribution in [0.5, 0.6) is 5.75 Å². The molecule has 1 aromatic heterocycles. The van der Waals surface area contributed by atoms with Crippen LogP contribution >= 0.6 is 0 Å². The van der Waals surface area contributed by atoms with Crippen molar-refractivity contribution in [1.82, 2.24) is 0 Å². The number of methoxy groups -OCH3 is 1. The first-order valence-corrected chi connectivity index (χ1v) is 9.08. The smallest absolute Gasteiger partial charge is 0.136 e. The second kappa shape index (κ2) is 7.50. The van der Waals surface area contributed by atoms with Crippen molar-refractivity contribution in [3.63, 3.8) is 0 Å². The molecule has 0 aliphatic carbocycles. The molecular weight excluding hydrogens is 334 g/mol. The van der Waals surface area contributed by atoms with Gasteiger partial charge >= 0.3 is 0 Å². The second-order valence-electron chi connectivity index (χ2n) is 6.36. The van der Waals surface area contributed by atoms with Crippen molar-refractivity contribution in [3.8, 4) is 17.1 Å². The molecule has 27 heavy (non-hydrogen) atoms. The van der Waals surface area contributed by atoms with E-state index in [-0.39, 0.29) is 0 Å². The van der Waals surface area contributed by atoms with Crippen molar-refractivity contribution >= 4 is 16.7 Å². The summed E-state index contributed by atoms with van der Waals surface area (Å²) in [6.07, 6.45) is 0.973. The quantitative estimate of drug-likeness (QED) is 0.456. The lowest BCUT2D eigenvalue weighted by molar-refractivity contribution is 0.415. The average molecular weight is 355 g/mol. The van der Waals surface area contributed by atoms with Crippen LogP contribution in [-0.2, 0) is 6.42 Å². The highest BCUT2D eigenvalue weighted by atomic mass is 16.5. The van der Waals surface area contributed by atoms with Crippen LogP contribution in [0.15, 0.2) is 88.3 Å². The fourth-order valence-corrected chi connectivity index (χ4v) is 3.07. The van der Waals surface area contributed by atoms with Gasteiger partial charge in [0, 0.05) is 17.0 Å². The lowest BCUT2D eigenvalue weighted by atomic mass is 10.1. The monoisotopic (exact) mass is 355 g/mol. The second-order valence-corrected chi connectivity index (χ2v) is 6.36. The van der Waals surface area contributed by atoms with E-state index in [2.05, 4.69) is 19.1 Å². The Hall–Kier alpha value is -3.33. The highest BCUT2D eigenvalue weighted by molar-refractivity contribution is 5.79. The summed E-state index contributed by atoms with van der Waals surface area (Å²) in [7, 11) is 1.66. The molecular formula is C24H21NO2. The van der Waals surface area contributed by atoms with E-state index >= 15 is 0 Å². The molecule has 3 nitrogen and oxygen atoms in total. The molecule has 4 aromatic rings. The third-order valence-electron chi connectivity index (χ3n) is 4.60. The topological polar surface area (TPSA) is 34.7 Å². The van der Waals surface area contributed by atoms with Crippen LogP contribution in [0.2, 0.25) is 0 Å². The van der Waals surface area contributed by atoms with Gasteiger partial charge in [0.05, 0.1) is 18.2 Å².